The molecule has 0 radical (unpaired) electrons. The van der Waals surface area contributed by atoms with Crippen LogP contribution in [0.25, 0.3) is 0 Å². The van der Waals surface area contributed by atoms with Gasteiger partial charge in [-0.25, -0.2) is 4.79 Å². The number of hydrogen-bond donors (Lipinski definition) is 2. The van der Waals surface area contributed by atoms with E-state index in [0.717, 1.165) is 23.3 Å². The summed E-state index contributed by atoms with van der Waals surface area (Å²) in [6.45, 7) is 0. The molecule has 4 nitrogen and oxygen atoms in total. The van der Waals surface area contributed by atoms with E-state index in [9.17, 15) is 14.7 Å². The molecule has 2 unspecified atom stereocenters. The second-order valence-corrected chi connectivity index (χ2v) is 6.54. The molecule has 1 aliphatic carbocycles. The highest BCUT2D eigenvalue weighted by molar-refractivity contribution is 7.99. The number of carboxylic acids is 1. The van der Waals surface area contributed by atoms with Crippen LogP contribution in [0.5, 0.6) is 0 Å². The second kappa shape index (κ2) is 5.48. The molecule has 1 heterocycles. The van der Waals surface area contributed by atoms with E-state index in [1.54, 1.807) is 11.8 Å². The molecule has 0 bridgehead atoms. The first-order chi connectivity index (χ1) is 9.65. The number of benzene rings is 1. The molecule has 20 heavy (non-hydrogen) atoms. The molecule has 1 aromatic rings. The lowest BCUT2D eigenvalue weighted by atomic mass is 9.99. The number of amides is 1. The summed E-state index contributed by atoms with van der Waals surface area (Å²) in [6, 6.07) is 7.10. The Morgan fingerprint density at radius 3 is 2.80 bits per heavy atom. The van der Waals surface area contributed by atoms with Crippen LogP contribution in [0.1, 0.15) is 30.7 Å². The summed E-state index contributed by atoms with van der Waals surface area (Å²) in [5, 5.41) is 11.9. The zero-order chi connectivity index (χ0) is 14.1. The number of carbonyl (C=O) groups excluding carboxylic acids is 1. The largest absolute Gasteiger partial charge is 0.480 e. The zero-order valence-electron chi connectivity index (χ0n) is 11.0. The summed E-state index contributed by atoms with van der Waals surface area (Å²) in [5.74, 6) is -0.139. The van der Waals surface area contributed by atoms with Crippen molar-refractivity contribution < 1.29 is 14.7 Å². The van der Waals surface area contributed by atoms with Crippen LogP contribution in [0.15, 0.2) is 29.2 Å². The van der Waals surface area contributed by atoms with Gasteiger partial charge >= 0.3 is 5.97 Å². The van der Waals surface area contributed by atoms with Crippen molar-refractivity contribution in [1.29, 1.82) is 0 Å². The molecule has 0 aromatic heterocycles. The highest BCUT2D eigenvalue weighted by atomic mass is 32.2. The third-order valence-corrected chi connectivity index (χ3v) is 5.08. The van der Waals surface area contributed by atoms with E-state index in [-0.39, 0.29) is 11.8 Å². The Kier molecular flexibility index (Phi) is 3.70. The van der Waals surface area contributed by atoms with Crippen LogP contribution < -0.4 is 5.32 Å². The van der Waals surface area contributed by atoms with E-state index in [2.05, 4.69) is 5.32 Å². The fourth-order valence-corrected chi connectivity index (χ4v) is 3.79. The van der Waals surface area contributed by atoms with Gasteiger partial charge in [0, 0.05) is 10.6 Å². The van der Waals surface area contributed by atoms with Gasteiger partial charge in [-0.15, -0.1) is 11.8 Å². The minimum absolute atomic E-state index is 0.157. The van der Waals surface area contributed by atoms with E-state index in [1.807, 2.05) is 24.3 Å². The maximum Gasteiger partial charge on any atom is 0.326 e. The van der Waals surface area contributed by atoms with Gasteiger partial charge in [-0.3, -0.25) is 4.79 Å². The molecular weight excluding hydrogens is 274 g/mol. The highest BCUT2D eigenvalue weighted by Gasteiger charge is 2.34. The van der Waals surface area contributed by atoms with Crippen molar-refractivity contribution in [1.82, 2.24) is 5.32 Å². The maximum atomic E-state index is 12.3. The van der Waals surface area contributed by atoms with Crippen LogP contribution in [-0.4, -0.2) is 28.8 Å². The molecule has 1 aromatic carbocycles. The predicted octanol–water partition coefficient (Wildman–Crippen LogP) is 2.25. The van der Waals surface area contributed by atoms with Gasteiger partial charge in [-0.2, -0.15) is 0 Å². The number of rotatable bonds is 5. The lowest BCUT2D eigenvalue weighted by Crippen LogP contribution is -2.43. The van der Waals surface area contributed by atoms with Crippen molar-refractivity contribution in [2.24, 2.45) is 5.92 Å². The molecule has 1 fully saturated rings. The minimum atomic E-state index is -0.927. The summed E-state index contributed by atoms with van der Waals surface area (Å²) >= 11 is 1.66. The molecule has 2 atom stereocenters. The lowest BCUT2D eigenvalue weighted by Gasteiger charge is -2.17. The summed E-state index contributed by atoms with van der Waals surface area (Å²) in [7, 11) is 0. The average molecular weight is 291 g/mol. The van der Waals surface area contributed by atoms with Gasteiger partial charge in [-0.1, -0.05) is 31.0 Å². The van der Waals surface area contributed by atoms with Crippen molar-refractivity contribution in [2.75, 3.05) is 5.75 Å². The van der Waals surface area contributed by atoms with Crippen LogP contribution in [0.3, 0.4) is 0 Å². The second-order valence-electron chi connectivity index (χ2n) is 5.48. The number of thioether (sulfide) groups is 1. The number of carboxylic acid groups (broad SMARTS) is 1. The zero-order valence-corrected chi connectivity index (χ0v) is 11.9. The maximum absolute atomic E-state index is 12.3. The minimum Gasteiger partial charge on any atom is -0.480 e. The Labute approximate surface area is 121 Å². The Hall–Kier alpha value is -1.49. The van der Waals surface area contributed by atoms with Gasteiger partial charge in [0.05, 0.1) is 5.92 Å². The summed E-state index contributed by atoms with van der Waals surface area (Å²) in [4.78, 5) is 24.7. The van der Waals surface area contributed by atoms with Crippen molar-refractivity contribution in [3.63, 3.8) is 0 Å². The van der Waals surface area contributed by atoms with Crippen LogP contribution in [0.2, 0.25) is 0 Å². The van der Waals surface area contributed by atoms with Gasteiger partial charge < -0.3 is 10.4 Å². The SMILES string of the molecule is O=C(O)C(CC1CC1)NC(=O)C1CSc2ccccc21. The summed E-state index contributed by atoms with van der Waals surface area (Å²) < 4.78 is 0. The predicted molar refractivity (Wildman–Crippen MR) is 76.8 cm³/mol. The van der Waals surface area contributed by atoms with Gasteiger partial charge in [-0.05, 0) is 24.0 Å². The molecule has 2 aliphatic rings. The topological polar surface area (TPSA) is 66.4 Å². The van der Waals surface area contributed by atoms with Gasteiger partial charge in [0.25, 0.3) is 0 Å². The standard InChI is InChI=1S/C15H17NO3S/c17-14(16-12(15(18)19)7-9-5-6-9)11-8-20-13-4-2-1-3-10(11)13/h1-4,9,11-12H,5-8H2,(H,16,17)(H,18,19). The molecule has 2 N–H and O–H groups in total. The number of carbonyl (C=O) groups is 2. The summed E-state index contributed by atoms with van der Waals surface area (Å²) in [5.41, 5.74) is 1.02. The molecule has 1 amide bonds. The molecule has 0 saturated heterocycles. The van der Waals surface area contributed by atoms with Gasteiger partial charge in [0.15, 0.2) is 0 Å². The lowest BCUT2D eigenvalue weighted by molar-refractivity contribution is -0.142. The first-order valence-electron chi connectivity index (χ1n) is 6.90. The number of nitrogens with one attached hydrogen (secondary N) is 1. The molecular formula is C15H17NO3S. The molecule has 1 saturated carbocycles. The van der Waals surface area contributed by atoms with Gasteiger partial charge in [0.1, 0.15) is 6.04 Å². The van der Waals surface area contributed by atoms with E-state index < -0.39 is 12.0 Å². The normalized spacial score (nSPS) is 22.1. The van der Waals surface area contributed by atoms with E-state index >= 15 is 0 Å². The third kappa shape index (κ3) is 2.82. The van der Waals surface area contributed by atoms with Crippen LogP contribution in [0.4, 0.5) is 0 Å². The highest BCUT2D eigenvalue weighted by Crippen LogP contribution is 2.39. The van der Waals surface area contributed by atoms with E-state index in [4.69, 9.17) is 0 Å². The Bertz CT molecular complexity index is 542. The smallest absolute Gasteiger partial charge is 0.326 e. The fourth-order valence-electron chi connectivity index (χ4n) is 2.56. The van der Waals surface area contributed by atoms with E-state index in [0.29, 0.717) is 18.1 Å². The van der Waals surface area contributed by atoms with Gasteiger partial charge in [0.2, 0.25) is 5.91 Å². The first kappa shape index (κ1) is 13.5. The van der Waals surface area contributed by atoms with Crippen molar-refractivity contribution >= 4 is 23.6 Å². The third-order valence-electron chi connectivity index (χ3n) is 3.90. The van der Waals surface area contributed by atoms with Crippen LogP contribution >= 0.6 is 11.8 Å². The molecule has 3 rings (SSSR count). The van der Waals surface area contributed by atoms with E-state index in [1.165, 1.54) is 0 Å². The number of fused-ring (bicyclic) bond motifs is 1. The van der Waals surface area contributed by atoms with Crippen molar-refractivity contribution in [3.05, 3.63) is 29.8 Å². The van der Waals surface area contributed by atoms with Crippen molar-refractivity contribution in [3.8, 4) is 0 Å². The fraction of sp³-hybridized carbons (Fsp3) is 0.467. The van der Waals surface area contributed by atoms with Crippen LogP contribution in [-0.2, 0) is 9.59 Å². The molecule has 1 aliphatic heterocycles. The van der Waals surface area contributed by atoms with Crippen LogP contribution in [0, 0.1) is 5.92 Å². The number of hydrogen-bond acceptors (Lipinski definition) is 3. The number of aliphatic carboxylic acids is 1. The Morgan fingerprint density at radius 2 is 2.10 bits per heavy atom. The quantitative estimate of drug-likeness (QED) is 0.873. The summed E-state index contributed by atoms with van der Waals surface area (Å²) in [6.07, 6.45) is 2.73. The first-order valence-corrected chi connectivity index (χ1v) is 7.88. The molecule has 0 spiro atoms. The Morgan fingerprint density at radius 1 is 1.35 bits per heavy atom. The Balaban J connectivity index is 1.68. The van der Waals surface area contributed by atoms with Crippen molar-refractivity contribution in [2.45, 2.75) is 36.1 Å². The monoisotopic (exact) mass is 291 g/mol. The molecule has 5 heteroatoms. The molecule has 106 valence electrons. The average Bonchev–Trinajstić information content (AvgIpc) is 3.14.